The zero-order valence-corrected chi connectivity index (χ0v) is 10.9. The summed E-state index contributed by atoms with van der Waals surface area (Å²) >= 11 is 5.76. The summed E-state index contributed by atoms with van der Waals surface area (Å²) < 4.78 is 6.72. The van der Waals surface area contributed by atoms with Crippen molar-refractivity contribution in [2.24, 2.45) is 0 Å². The first kappa shape index (κ1) is 12.6. The lowest BCUT2D eigenvalue weighted by Gasteiger charge is -2.06. The van der Waals surface area contributed by atoms with Crippen LogP contribution in [0.5, 0.6) is 5.75 Å². The van der Waals surface area contributed by atoms with Crippen molar-refractivity contribution in [2.45, 2.75) is 13.8 Å². The van der Waals surface area contributed by atoms with Crippen LogP contribution in [0.3, 0.4) is 0 Å². The Balaban J connectivity index is 2.00. The minimum Gasteiger partial charge on any atom is -0.484 e. The molecule has 0 aliphatic heterocycles. The lowest BCUT2D eigenvalue weighted by atomic mass is 10.3. The molecule has 4 nitrogen and oxygen atoms in total. The van der Waals surface area contributed by atoms with E-state index in [0.717, 1.165) is 11.4 Å². The van der Waals surface area contributed by atoms with Gasteiger partial charge in [-0.1, -0.05) is 11.6 Å². The third-order valence-corrected chi connectivity index (χ3v) is 2.67. The topological polar surface area (TPSA) is 44.1 Å². The number of benzene rings is 1. The summed E-state index contributed by atoms with van der Waals surface area (Å²) in [5.74, 6) is 0.407. The van der Waals surface area contributed by atoms with Gasteiger partial charge in [0.2, 0.25) is 0 Å². The van der Waals surface area contributed by atoms with Crippen molar-refractivity contribution in [2.75, 3.05) is 6.61 Å². The average Bonchev–Trinajstić information content (AvgIpc) is 2.67. The van der Waals surface area contributed by atoms with Crippen LogP contribution < -0.4 is 4.74 Å². The SMILES string of the molecule is Cc1cc(C)n(C(=O)COc2ccc(Cl)cc2)n1. The summed E-state index contributed by atoms with van der Waals surface area (Å²) in [4.78, 5) is 11.9. The van der Waals surface area contributed by atoms with E-state index in [9.17, 15) is 4.79 Å². The zero-order valence-electron chi connectivity index (χ0n) is 10.2. The van der Waals surface area contributed by atoms with Crippen LogP contribution in [-0.2, 0) is 0 Å². The molecule has 5 heteroatoms. The van der Waals surface area contributed by atoms with Crippen molar-refractivity contribution in [1.82, 2.24) is 9.78 Å². The van der Waals surface area contributed by atoms with Crippen LogP contribution in [0.15, 0.2) is 30.3 Å². The molecule has 0 saturated carbocycles. The predicted octanol–water partition coefficient (Wildman–Crippen LogP) is 2.87. The molecular formula is C13H13ClN2O2. The molecule has 0 N–H and O–H groups in total. The van der Waals surface area contributed by atoms with E-state index in [1.165, 1.54) is 4.68 Å². The molecule has 1 aromatic carbocycles. The number of hydrogen-bond donors (Lipinski definition) is 0. The van der Waals surface area contributed by atoms with Crippen molar-refractivity contribution in [3.05, 3.63) is 46.7 Å². The maximum absolute atomic E-state index is 11.9. The van der Waals surface area contributed by atoms with E-state index >= 15 is 0 Å². The Kier molecular flexibility index (Phi) is 3.67. The monoisotopic (exact) mass is 264 g/mol. The van der Waals surface area contributed by atoms with Gasteiger partial charge in [0.15, 0.2) is 6.61 Å². The van der Waals surface area contributed by atoms with Crippen LogP contribution >= 0.6 is 11.6 Å². The minimum atomic E-state index is -0.199. The third kappa shape index (κ3) is 2.90. The van der Waals surface area contributed by atoms with Gasteiger partial charge in [-0.15, -0.1) is 0 Å². The maximum atomic E-state index is 11.9. The molecule has 18 heavy (non-hydrogen) atoms. The Hall–Kier alpha value is -1.81. The fraction of sp³-hybridized carbons (Fsp3) is 0.231. The molecule has 0 fully saturated rings. The molecule has 0 saturated heterocycles. The molecule has 0 aliphatic rings. The van der Waals surface area contributed by atoms with Crippen LogP contribution in [0, 0.1) is 13.8 Å². The smallest absolute Gasteiger partial charge is 0.284 e. The van der Waals surface area contributed by atoms with E-state index in [2.05, 4.69) is 5.10 Å². The zero-order chi connectivity index (χ0) is 13.1. The molecule has 0 atom stereocenters. The van der Waals surface area contributed by atoms with Crippen molar-refractivity contribution < 1.29 is 9.53 Å². The molecule has 0 bridgehead atoms. The normalized spacial score (nSPS) is 10.4. The second-order valence-electron chi connectivity index (χ2n) is 3.98. The first-order chi connectivity index (χ1) is 8.56. The van der Waals surface area contributed by atoms with Crippen molar-refractivity contribution in [3.8, 4) is 5.75 Å². The van der Waals surface area contributed by atoms with E-state index in [1.807, 2.05) is 19.9 Å². The van der Waals surface area contributed by atoms with E-state index in [-0.39, 0.29) is 12.5 Å². The van der Waals surface area contributed by atoms with Gasteiger partial charge >= 0.3 is 0 Å². The van der Waals surface area contributed by atoms with Crippen LogP contribution in [0.4, 0.5) is 0 Å². The first-order valence-corrected chi connectivity index (χ1v) is 5.89. The van der Waals surface area contributed by atoms with Gasteiger partial charge in [-0.2, -0.15) is 5.10 Å². The second kappa shape index (κ2) is 5.23. The summed E-state index contributed by atoms with van der Waals surface area (Å²) in [5, 5.41) is 4.73. The number of carbonyl (C=O) groups excluding carboxylic acids is 1. The Morgan fingerprint density at radius 3 is 2.56 bits per heavy atom. The van der Waals surface area contributed by atoms with Crippen LogP contribution in [0.25, 0.3) is 0 Å². The predicted molar refractivity (Wildman–Crippen MR) is 69.3 cm³/mol. The number of rotatable bonds is 3. The molecule has 0 amide bonds. The van der Waals surface area contributed by atoms with E-state index in [0.29, 0.717) is 10.8 Å². The van der Waals surface area contributed by atoms with E-state index in [1.54, 1.807) is 24.3 Å². The van der Waals surface area contributed by atoms with Crippen LogP contribution in [-0.4, -0.2) is 22.3 Å². The Morgan fingerprint density at radius 1 is 1.33 bits per heavy atom. The third-order valence-electron chi connectivity index (χ3n) is 2.42. The molecule has 0 spiro atoms. The molecule has 1 heterocycles. The molecule has 0 unspecified atom stereocenters. The number of nitrogens with zero attached hydrogens (tertiary/aromatic N) is 2. The summed E-state index contributed by atoms with van der Waals surface area (Å²) in [6.07, 6.45) is 0. The molecule has 0 aliphatic carbocycles. The molecule has 2 aromatic rings. The van der Waals surface area contributed by atoms with Crippen LogP contribution in [0.2, 0.25) is 5.02 Å². The van der Waals surface area contributed by atoms with Gasteiger partial charge in [-0.25, -0.2) is 4.68 Å². The van der Waals surface area contributed by atoms with Gasteiger partial charge in [0.25, 0.3) is 5.91 Å². The summed E-state index contributed by atoms with van der Waals surface area (Å²) in [5.41, 5.74) is 1.62. The lowest BCUT2D eigenvalue weighted by molar-refractivity contribution is 0.0818. The van der Waals surface area contributed by atoms with Gasteiger partial charge in [0.05, 0.1) is 5.69 Å². The largest absolute Gasteiger partial charge is 0.484 e. The molecule has 0 radical (unpaired) electrons. The van der Waals surface area contributed by atoms with Gasteiger partial charge < -0.3 is 4.74 Å². The highest BCUT2D eigenvalue weighted by molar-refractivity contribution is 6.30. The highest BCUT2D eigenvalue weighted by Gasteiger charge is 2.10. The summed E-state index contributed by atoms with van der Waals surface area (Å²) in [6, 6.07) is 8.71. The second-order valence-corrected chi connectivity index (χ2v) is 4.41. The van der Waals surface area contributed by atoms with Gasteiger partial charge in [-0.3, -0.25) is 4.79 Å². The Morgan fingerprint density at radius 2 is 2.00 bits per heavy atom. The quantitative estimate of drug-likeness (QED) is 0.856. The van der Waals surface area contributed by atoms with Gasteiger partial charge in [-0.05, 0) is 44.2 Å². The highest BCUT2D eigenvalue weighted by Crippen LogP contribution is 2.15. The summed E-state index contributed by atoms with van der Waals surface area (Å²) in [6.45, 7) is 3.63. The van der Waals surface area contributed by atoms with Crippen molar-refractivity contribution in [3.63, 3.8) is 0 Å². The Bertz CT molecular complexity index is 561. The number of aryl methyl sites for hydroxylation is 2. The lowest BCUT2D eigenvalue weighted by Crippen LogP contribution is -2.21. The van der Waals surface area contributed by atoms with E-state index in [4.69, 9.17) is 16.3 Å². The van der Waals surface area contributed by atoms with Gasteiger partial charge in [0.1, 0.15) is 5.75 Å². The maximum Gasteiger partial charge on any atom is 0.284 e. The van der Waals surface area contributed by atoms with E-state index < -0.39 is 0 Å². The standard InChI is InChI=1S/C13H13ClN2O2/c1-9-7-10(2)16(15-9)13(17)8-18-12-5-3-11(14)4-6-12/h3-7H,8H2,1-2H3. The minimum absolute atomic E-state index is 0.0520. The fourth-order valence-corrected chi connectivity index (χ4v) is 1.74. The molecule has 1 aromatic heterocycles. The Labute approximate surface area is 110 Å². The molecule has 94 valence electrons. The highest BCUT2D eigenvalue weighted by atomic mass is 35.5. The number of aromatic nitrogens is 2. The molecule has 2 rings (SSSR count). The number of halogens is 1. The first-order valence-electron chi connectivity index (χ1n) is 5.51. The fourth-order valence-electron chi connectivity index (χ4n) is 1.62. The average molecular weight is 265 g/mol. The van der Waals surface area contributed by atoms with Gasteiger partial charge in [0, 0.05) is 10.7 Å². The number of ether oxygens (including phenoxy) is 1. The van der Waals surface area contributed by atoms with Crippen molar-refractivity contribution >= 4 is 17.5 Å². The van der Waals surface area contributed by atoms with Crippen molar-refractivity contribution in [1.29, 1.82) is 0 Å². The van der Waals surface area contributed by atoms with Crippen LogP contribution in [0.1, 0.15) is 16.2 Å². The summed E-state index contributed by atoms with van der Waals surface area (Å²) in [7, 11) is 0. The number of carbonyl (C=O) groups is 1. The molecular weight excluding hydrogens is 252 g/mol. The number of hydrogen-bond acceptors (Lipinski definition) is 3.